The average molecular weight is 216 g/mol. The van der Waals surface area contributed by atoms with Crippen molar-refractivity contribution in [2.24, 2.45) is 5.92 Å². The van der Waals surface area contributed by atoms with Crippen LogP contribution in [0.15, 0.2) is 36.7 Å². The summed E-state index contributed by atoms with van der Waals surface area (Å²) in [4.78, 5) is 15.8. The molecule has 0 saturated carbocycles. The number of rotatable bonds is 3. The normalized spacial score (nSPS) is 19.4. The van der Waals surface area contributed by atoms with E-state index in [1.807, 2.05) is 12.1 Å². The van der Waals surface area contributed by atoms with E-state index in [9.17, 15) is 4.79 Å². The van der Waals surface area contributed by atoms with Crippen LogP contribution in [-0.4, -0.2) is 10.9 Å². The lowest BCUT2D eigenvalue weighted by molar-refractivity contribution is -0.125. The van der Waals surface area contributed by atoms with Gasteiger partial charge in [-0.15, -0.1) is 0 Å². The molecular weight excluding hydrogens is 200 g/mol. The van der Waals surface area contributed by atoms with Crippen molar-refractivity contribution in [1.82, 2.24) is 10.3 Å². The van der Waals surface area contributed by atoms with Crippen LogP contribution in [0.2, 0.25) is 0 Å². The first-order valence-electron chi connectivity index (χ1n) is 5.68. The lowest BCUT2D eigenvalue weighted by Crippen LogP contribution is -2.30. The van der Waals surface area contributed by atoms with Crippen LogP contribution in [0.5, 0.6) is 0 Å². The van der Waals surface area contributed by atoms with Gasteiger partial charge in [-0.25, -0.2) is 0 Å². The summed E-state index contributed by atoms with van der Waals surface area (Å²) >= 11 is 0. The topological polar surface area (TPSA) is 42.0 Å². The lowest BCUT2D eigenvalue weighted by Gasteiger charge is -2.17. The van der Waals surface area contributed by atoms with Gasteiger partial charge in [0.2, 0.25) is 5.91 Å². The highest BCUT2D eigenvalue weighted by atomic mass is 16.1. The second-order valence-electron chi connectivity index (χ2n) is 4.05. The number of carbonyl (C=O) groups is 1. The first-order chi connectivity index (χ1) is 7.86. The SMILES string of the molecule is O=C(NCc1ccncc1)C1CC=CCC1. The third-order valence-electron chi connectivity index (χ3n) is 2.86. The minimum Gasteiger partial charge on any atom is -0.352 e. The largest absolute Gasteiger partial charge is 0.352 e. The highest BCUT2D eigenvalue weighted by Crippen LogP contribution is 2.18. The minimum absolute atomic E-state index is 0.159. The van der Waals surface area contributed by atoms with Crippen LogP contribution in [0.4, 0.5) is 0 Å². The Balaban J connectivity index is 1.82. The standard InChI is InChI=1S/C13H16N2O/c16-13(12-4-2-1-3-5-12)15-10-11-6-8-14-9-7-11/h1-2,6-9,12H,3-5,10H2,(H,15,16). The maximum atomic E-state index is 11.8. The molecule has 84 valence electrons. The second-order valence-corrected chi connectivity index (χ2v) is 4.05. The highest BCUT2D eigenvalue weighted by Gasteiger charge is 2.17. The number of pyridine rings is 1. The van der Waals surface area contributed by atoms with Gasteiger partial charge in [-0.2, -0.15) is 0 Å². The van der Waals surface area contributed by atoms with Crippen molar-refractivity contribution in [3.63, 3.8) is 0 Å². The molecule has 1 aromatic heterocycles. The van der Waals surface area contributed by atoms with Gasteiger partial charge in [0.05, 0.1) is 0 Å². The van der Waals surface area contributed by atoms with Gasteiger partial charge in [0.25, 0.3) is 0 Å². The Morgan fingerprint density at radius 1 is 1.38 bits per heavy atom. The predicted octanol–water partition coefficient (Wildman–Crippen LogP) is 2.05. The zero-order valence-corrected chi connectivity index (χ0v) is 9.23. The van der Waals surface area contributed by atoms with E-state index < -0.39 is 0 Å². The number of nitrogens with zero attached hydrogens (tertiary/aromatic N) is 1. The Kier molecular flexibility index (Phi) is 3.70. The fourth-order valence-corrected chi connectivity index (χ4v) is 1.87. The summed E-state index contributed by atoms with van der Waals surface area (Å²) in [5.41, 5.74) is 1.09. The molecule has 0 spiro atoms. The van der Waals surface area contributed by atoms with Crippen molar-refractivity contribution in [2.45, 2.75) is 25.8 Å². The summed E-state index contributed by atoms with van der Waals surface area (Å²) in [6, 6.07) is 3.84. The van der Waals surface area contributed by atoms with Gasteiger partial charge in [-0.3, -0.25) is 9.78 Å². The Hall–Kier alpha value is -1.64. The molecule has 3 nitrogen and oxygen atoms in total. The van der Waals surface area contributed by atoms with Crippen LogP contribution in [0, 0.1) is 5.92 Å². The third kappa shape index (κ3) is 2.92. The summed E-state index contributed by atoms with van der Waals surface area (Å²) < 4.78 is 0. The van der Waals surface area contributed by atoms with Crippen LogP contribution >= 0.6 is 0 Å². The van der Waals surface area contributed by atoms with Crippen LogP contribution < -0.4 is 5.32 Å². The van der Waals surface area contributed by atoms with Gasteiger partial charge in [-0.1, -0.05) is 12.2 Å². The van der Waals surface area contributed by atoms with Gasteiger partial charge in [0.15, 0.2) is 0 Å². The first kappa shape index (κ1) is 10.9. The van der Waals surface area contributed by atoms with Gasteiger partial charge in [0.1, 0.15) is 0 Å². The molecule has 1 unspecified atom stereocenters. The van der Waals surface area contributed by atoms with Gasteiger partial charge >= 0.3 is 0 Å². The first-order valence-corrected chi connectivity index (χ1v) is 5.68. The monoisotopic (exact) mass is 216 g/mol. The fourth-order valence-electron chi connectivity index (χ4n) is 1.87. The molecule has 16 heavy (non-hydrogen) atoms. The van der Waals surface area contributed by atoms with Crippen molar-refractivity contribution >= 4 is 5.91 Å². The molecule has 1 aromatic rings. The van der Waals surface area contributed by atoms with Crippen LogP contribution in [0.1, 0.15) is 24.8 Å². The lowest BCUT2D eigenvalue weighted by atomic mass is 9.93. The number of aromatic nitrogens is 1. The van der Waals surface area contributed by atoms with Crippen molar-refractivity contribution in [3.8, 4) is 0 Å². The maximum Gasteiger partial charge on any atom is 0.223 e. The Labute approximate surface area is 95.6 Å². The molecular formula is C13H16N2O. The summed E-state index contributed by atoms with van der Waals surface area (Å²) in [6.07, 6.45) is 10.6. The molecule has 1 atom stereocenters. The van der Waals surface area contributed by atoms with E-state index in [0.717, 1.165) is 24.8 Å². The smallest absolute Gasteiger partial charge is 0.223 e. The van der Waals surface area contributed by atoms with Gasteiger partial charge in [-0.05, 0) is 37.0 Å². The molecule has 0 bridgehead atoms. The number of amides is 1. The van der Waals surface area contributed by atoms with Crippen LogP contribution in [0.25, 0.3) is 0 Å². The summed E-state index contributed by atoms with van der Waals surface area (Å²) in [5.74, 6) is 0.327. The van der Waals surface area contributed by atoms with E-state index in [1.165, 1.54) is 0 Å². The average Bonchev–Trinajstić information content (AvgIpc) is 2.38. The van der Waals surface area contributed by atoms with Crippen molar-refractivity contribution in [1.29, 1.82) is 0 Å². The van der Waals surface area contributed by atoms with E-state index in [1.54, 1.807) is 12.4 Å². The molecule has 0 aliphatic heterocycles. The van der Waals surface area contributed by atoms with Gasteiger partial charge < -0.3 is 5.32 Å². The quantitative estimate of drug-likeness (QED) is 0.786. The van der Waals surface area contributed by atoms with E-state index in [2.05, 4.69) is 22.5 Å². The molecule has 0 radical (unpaired) electrons. The summed E-state index contributed by atoms with van der Waals surface area (Å²) in [6.45, 7) is 0.599. The van der Waals surface area contributed by atoms with Crippen LogP contribution in [-0.2, 0) is 11.3 Å². The molecule has 2 rings (SSSR count). The summed E-state index contributed by atoms with van der Waals surface area (Å²) in [5, 5.41) is 2.97. The van der Waals surface area contributed by atoms with Crippen molar-refractivity contribution in [3.05, 3.63) is 42.2 Å². The number of nitrogens with one attached hydrogen (secondary N) is 1. The number of hydrogen-bond donors (Lipinski definition) is 1. The number of carbonyl (C=O) groups excluding carboxylic acids is 1. The second kappa shape index (κ2) is 5.45. The molecule has 1 amide bonds. The van der Waals surface area contributed by atoms with E-state index in [-0.39, 0.29) is 11.8 Å². The molecule has 1 aliphatic carbocycles. The van der Waals surface area contributed by atoms with E-state index in [4.69, 9.17) is 0 Å². The van der Waals surface area contributed by atoms with Gasteiger partial charge in [0, 0.05) is 24.9 Å². The summed E-state index contributed by atoms with van der Waals surface area (Å²) in [7, 11) is 0. The minimum atomic E-state index is 0.159. The Morgan fingerprint density at radius 2 is 2.19 bits per heavy atom. The Morgan fingerprint density at radius 3 is 2.88 bits per heavy atom. The van der Waals surface area contributed by atoms with E-state index in [0.29, 0.717) is 6.54 Å². The number of allylic oxidation sites excluding steroid dienone is 2. The molecule has 1 aliphatic rings. The van der Waals surface area contributed by atoms with E-state index >= 15 is 0 Å². The molecule has 3 heteroatoms. The van der Waals surface area contributed by atoms with Crippen molar-refractivity contribution in [2.75, 3.05) is 0 Å². The molecule has 1 heterocycles. The molecule has 0 aromatic carbocycles. The molecule has 0 saturated heterocycles. The highest BCUT2D eigenvalue weighted by molar-refractivity contribution is 5.78. The third-order valence-corrected chi connectivity index (χ3v) is 2.86. The molecule has 0 fully saturated rings. The molecule has 1 N–H and O–H groups in total. The fraction of sp³-hybridized carbons (Fsp3) is 0.385. The van der Waals surface area contributed by atoms with Crippen LogP contribution in [0.3, 0.4) is 0 Å². The zero-order chi connectivity index (χ0) is 11.2. The van der Waals surface area contributed by atoms with Crippen molar-refractivity contribution < 1.29 is 4.79 Å². The predicted molar refractivity (Wildman–Crippen MR) is 62.6 cm³/mol. The zero-order valence-electron chi connectivity index (χ0n) is 9.23. The number of hydrogen-bond acceptors (Lipinski definition) is 2. The maximum absolute atomic E-state index is 11.8. The Bertz CT molecular complexity index is 373.